The van der Waals surface area contributed by atoms with Gasteiger partial charge in [-0.25, -0.2) is 4.79 Å². The van der Waals surface area contributed by atoms with E-state index in [1.165, 1.54) is 0 Å². The van der Waals surface area contributed by atoms with Gasteiger partial charge in [-0.15, -0.1) is 0 Å². The third-order valence-corrected chi connectivity index (χ3v) is 2.23. The summed E-state index contributed by atoms with van der Waals surface area (Å²) in [6.45, 7) is 4.42. The van der Waals surface area contributed by atoms with Crippen LogP contribution in [0, 0.1) is 0 Å². The number of carbonyl (C=O) groups is 1. The summed E-state index contributed by atoms with van der Waals surface area (Å²) in [6.07, 6.45) is 5.65. The fourth-order valence-corrected chi connectivity index (χ4v) is 1.50. The summed E-state index contributed by atoms with van der Waals surface area (Å²) in [4.78, 5) is 11.6. The third-order valence-electron chi connectivity index (χ3n) is 2.23. The van der Waals surface area contributed by atoms with Gasteiger partial charge in [0.15, 0.2) is 0 Å². The summed E-state index contributed by atoms with van der Waals surface area (Å²) < 4.78 is 10.5. The van der Waals surface area contributed by atoms with Gasteiger partial charge in [-0.05, 0) is 26.0 Å². The molecule has 1 aromatic heterocycles. The Labute approximate surface area is 100.0 Å². The molecule has 0 radical (unpaired) electrons. The highest BCUT2D eigenvalue weighted by molar-refractivity contribution is 5.87. The van der Waals surface area contributed by atoms with Gasteiger partial charge in [-0.2, -0.15) is 0 Å². The molecule has 0 saturated heterocycles. The van der Waals surface area contributed by atoms with Crippen LogP contribution in [-0.4, -0.2) is 18.6 Å². The minimum absolute atomic E-state index is 0.147. The van der Waals surface area contributed by atoms with E-state index in [-0.39, 0.29) is 11.9 Å². The zero-order valence-corrected chi connectivity index (χ0v) is 9.90. The number of allylic oxidation sites excluding steroid dienone is 2. The molecule has 4 nitrogen and oxygen atoms in total. The molecule has 0 atom stereocenters. The van der Waals surface area contributed by atoms with Crippen LogP contribution in [0.4, 0.5) is 0 Å². The van der Waals surface area contributed by atoms with Gasteiger partial charge in [-0.3, -0.25) is 0 Å². The maximum atomic E-state index is 11.6. The van der Waals surface area contributed by atoms with E-state index in [9.17, 15) is 4.79 Å². The van der Waals surface area contributed by atoms with Crippen molar-refractivity contribution in [3.8, 4) is 0 Å². The molecule has 1 aliphatic rings. The molecule has 1 aromatic rings. The quantitative estimate of drug-likeness (QED) is 0.814. The lowest BCUT2D eigenvalue weighted by Crippen LogP contribution is -2.10. The maximum Gasteiger partial charge on any atom is 0.374 e. The van der Waals surface area contributed by atoms with Gasteiger partial charge < -0.3 is 14.5 Å². The summed E-state index contributed by atoms with van der Waals surface area (Å²) in [7, 11) is 0. The first kappa shape index (κ1) is 11.5. The second kappa shape index (κ2) is 4.91. The Balaban J connectivity index is 2.13. The first-order valence-electron chi connectivity index (χ1n) is 5.58. The lowest BCUT2D eigenvalue weighted by Gasteiger charge is -2.06. The third kappa shape index (κ3) is 2.78. The molecule has 1 aliphatic heterocycles. The van der Waals surface area contributed by atoms with Crippen molar-refractivity contribution in [3.63, 3.8) is 0 Å². The fourth-order valence-electron chi connectivity index (χ4n) is 1.50. The van der Waals surface area contributed by atoms with Crippen LogP contribution in [0.2, 0.25) is 0 Å². The molecule has 0 bridgehead atoms. The highest BCUT2D eigenvalue weighted by atomic mass is 16.6. The van der Waals surface area contributed by atoms with Crippen LogP contribution in [0.5, 0.6) is 0 Å². The average molecular weight is 233 g/mol. The number of carbonyl (C=O) groups excluding carboxylic acids is 1. The number of furan rings is 1. The lowest BCUT2D eigenvalue weighted by molar-refractivity contribution is 0.0341. The number of dihydropyridines is 1. The summed E-state index contributed by atoms with van der Waals surface area (Å²) >= 11 is 0. The van der Waals surface area contributed by atoms with Crippen molar-refractivity contribution < 1.29 is 13.9 Å². The topological polar surface area (TPSA) is 51.5 Å². The van der Waals surface area contributed by atoms with Crippen molar-refractivity contribution in [2.24, 2.45) is 0 Å². The van der Waals surface area contributed by atoms with Crippen LogP contribution >= 0.6 is 0 Å². The van der Waals surface area contributed by atoms with Gasteiger partial charge in [0.2, 0.25) is 5.76 Å². The molecule has 0 fully saturated rings. The number of hydrogen-bond donors (Lipinski definition) is 1. The van der Waals surface area contributed by atoms with Crippen molar-refractivity contribution in [3.05, 3.63) is 42.0 Å². The summed E-state index contributed by atoms with van der Waals surface area (Å²) in [5.74, 6) is 0.456. The van der Waals surface area contributed by atoms with Gasteiger partial charge in [0.25, 0.3) is 0 Å². The van der Waals surface area contributed by atoms with Crippen molar-refractivity contribution >= 4 is 11.5 Å². The standard InChI is InChI=1S/C13H15NO3/c1-9(2)16-13(15)12-6-5-11(17-12)10-4-3-7-14-8-10/h3-6,8-9,14H,7H2,1-2H3. The minimum atomic E-state index is -0.431. The molecule has 0 aromatic carbocycles. The molecule has 0 unspecified atom stereocenters. The second-order valence-electron chi connectivity index (χ2n) is 4.03. The van der Waals surface area contributed by atoms with Gasteiger partial charge in [0.1, 0.15) is 5.76 Å². The summed E-state index contributed by atoms with van der Waals surface area (Å²) in [5.41, 5.74) is 0.917. The van der Waals surface area contributed by atoms with E-state index in [1.807, 2.05) is 18.4 Å². The highest BCUT2D eigenvalue weighted by Gasteiger charge is 2.15. The maximum absolute atomic E-state index is 11.6. The molecule has 17 heavy (non-hydrogen) atoms. The molecule has 4 heteroatoms. The van der Waals surface area contributed by atoms with Crippen molar-refractivity contribution in [2.75, 3.05) is 6.54 Å². The summed E-state index contributed by atoms with van der Waals surface area (Å²) in [5, 5.41) is 3.08. The monoisotopic (exact) mass is 233 g/mol. The highest BCUT2D eigenvalue weighted by Crippen LogP contribution is 2.20. The number of hydrogen-bond acceptors (Lipinski definition) is 4. The van der Waals surface area contributed by atoms with Gasteiger partial charge >= 0.3 is 5.97 Å². The SMILES string of the molecule is CC(C)OC(=O)c1ccc(C2=CNCC=C2)o1. The Kier molecular flexibility index (Phi) is 3.32. The first-order valence-corrected chi connectivity index (χ1v) is 5.58. The molecular weight excluding hydrogens is 218 g/mol. The molecule has 90 valence electrons. The molecule has 2 heterocycles. The molecule has 0 spiro atoms. The molecule has 0 saturated carbocycles. The Morgan fingerprint density at radius 3 is 2.94 bits per heavy atom. The van der Waals surface area contributed by atoms with Crippen LogP contribution < -0.4 is 5.32 Å². The molecule has 1 N–H and O–H groups in total. The van der Waals surface area contributed by atoms with Crippen LogP contribution in [0.1, 0.15) is 30.2 Å². The normalized spacial score (nSPS) is 14.4. The van der Waals surface area contributed by atoms with Crippen LogP contribution in [0.3, 0.4) is 0 Å². The van der Waals surface area contributed by atoms with Crippen molar-refractivity contribution in [1.29, 1.82) is 0 Å². The van der Waals surface area contributed by atoms with Crippen LogP contribution in [0.25, 0.3) is 5.57 Å². The van der Waals surface area contributed by atoms with E-state index in [2.05, 4.69) is 5.32 Å². The largest absolute Gasteiger partial charge is 0.457 e. The van der Waals surface area contributed by atoms with Gasteiger partial charge in [0.05, 0.1) is 6.10 Å². The predicted octanol–water partition coefficient (Wildman–Crippen LogP) is 2.35. The minimum Gasteiger partial charge on any atom is -0.457 e. The molecule has 0 amide bonds. The fraction of sp³-hybridized carbons (Fsp3) is 0.308. The zero-order valence-electron chi connectivity index (χ0n) is 9.90. The van der Waals surface area contributed by atoms with E-state index in [1.54, 1.807) is 26.0 Å². The van der Waals surface area contributed by atoms with Gasteiger partial charge in [-0.1, -0.05) is 12.2 Å². The molecular formula is C13H15NO3. The van der Waals surface area contributed by atoms with Gasteiger partial charge in [0, 0.05) is 18.3 Å². The summed E-state index contributed by atoms with van der Waals surface area (Å²) in [6, 6.07) is 3.39. The Bertz CT molecular complexity index is 469. The molecule has 2 rings (SSSR count). The second-order valence-corrected chi connectivity index (χ2v) is 4.03. The number of rotatable bonds is 3. The lowest BCUT2D eigenvalue weighted by atomic mass is 10.2. The number of nitrogens with one attached hydrogen (secondary N) is 1. The Morgan fingerprint density at radius 2 is 2.29 bits per heavy atom. The first-order chi connectivity index (χ1) is 8.16. The van der Waals surface area contributed by atoms with Crippen molar-refractivity contribution in [1.82, 2.24) is 5.32 Å². The number of ether oxygens (including phenoxy) is 1. The van der Waals surface area contributed by atoms with E-state index in [0.717, 1.165) is 12.1 Å². The smallest absolute Gasteiger partial charge is 0.374 e. The van der Waals surface area contributed by atoms with Crippen LogP contribution in [-0.2, 0) is 4.74 Å². The Hall–Kier alpha value is -1.97. The zero-order chi connectivity index (χ0) is 12.3. The van der Waals surface area contributed by atoms with Crippen molar-refractivity contribution in [2.45, 2.75) is 20.0 Å². The van der Waals surface area contributed by atoms with E-state index in [0.29, 0.717) is 5.76 Å². The average Bonchev–Trinajstić information content (AvgIpc) is 2.78. The molecule has 0 aliphatic carbocycles. The predicted molar refractivity (Wildman–Crippen MR) is 64.4 cm³/mol. The Morgan fingerprint density at radius 1 is 1.47 bits per heavy atom. The van der Waals surface area contributed by atoms with E-state index in [4.69, 9.17) is 9.15 Å². The van der Waals surface area contributed by atoms with E-state index < -0.39 is 5.97 Å². The van der Waals surface area contributed by atoms with Crippen LogP contribution in [0.15, 0.2) is 34.9 Å². The number of esters is 1. The van der Waals surface area contributed by atoms with E-state index >= 15 is 0 Å².